The molecular weight excluding hydrogens is 822 g/mol. The lowest BCUT2D eigenvalue weighted by atomic mass is 9.73. The number of ketones is 2. The highest BCUT2D eigenvalue weighted by atomic mass is 19.1. The number of nitrogens with zero attached hydrogens (tertiary/aromatic N) is 4. The molecule has 3 aliphatic heterocycles. The predicted octanol–water partition coefficient (Wildman–Crippen LogP) is 5.38. The molecule has 0 aliphatic carbocycles. The Balaban J connectivity index is 1.39. The van der Waals surface area contributed by atoms with Gasteiger partial charge in [0.1, 0.15) is 18.0 Å². The van der Waals surface area contributed by atoms with Gasteiger partial charge in [-0.25, -0.2) is 28.7 Å². The van der Waals surface area contributed by atoms with Gasteiger partial charge in [0.2, 0.25) is 0 Å². The van der Waals surface area contributed by atoms with Crippen molar-refractivity contribution in [2.75, 3.05) is 39.7 Å². The molecule has 0 bridgehead atoms. The van der Waals surface area contributed by atoms with Gasteiger partial charge in [-0.05, 0) is 97.8 Å². The quantitative estimate of drug-likeness (QED) is 0.126. The Labute approximate surface area is 368 Å². The Bertz CT molecular complexity index is 1940. The Hall–Kier alpha value is -4.62. The van der Waals surface area contributed by atoms with Gasteiger partial charge >= 0.3 is 18.2 Å². The lowest BCUT2D eigenvalue weighted by Crippen LogP contribution is -2.61. The molecule has 0 radical (unpaired) electrons. The number of nitrogens with one attached hydrogen (secondary N) is 1. The zero-order valence-electron chi connectivity index (χ0n) is 38.2. The summed E-state index contributed by atoms with van der Waals surface area (Å²) >= 11 is 0. The topological polar surface area (TPSA) is 205 Å². The van der Waals surface area contributed by atoms with Crippen LogP contribution in [-0.2, 0) is 42.8 Å². The van der Waals surface area contributed by atoms with Crippen molar-refractivity contribution in [2.45, 2.75) is 141 Å². The highest BCUT2D eigenvalue weighted by Gasteiger charge is 2.61. The SMILES string of the molecule is CC[C@H]1OC(=O)[C@@](C)(F)C(=O)[C@H](C)[C@@H](O[C@@H]2O[C@H](C)C[C@H](N(C)C)[C@H]2O)[C@](C)(OC)C[C@@H](C)C(=O)[C@H](C)[C@H]2N(CCCOC(=O)Nc3ccc(-c4ncccn4)cc3)C(=O)O[C@]12C. The summed E-state index contributed by atoms with van der Waals surface area (Å²) in [6, 6.07) is 7.13. The minimum Gasteiger partial charge on any atom is -0.455 e. The van der Waals surface area contributed by atoms with Crippen molar-refractivity contribution in [2.24, 2.45) is 17.8 Å². The van der Waals surface area contributed by atoms with E-state index in [2.05, 4.69) is 15.3 Å². The molecule has 2 aromatic rings. The first kappa shape index (κ1) is 49.4. The molecule has 13 atom stereocenters. The van der Waals surface area contributed by atoms with Gasteiger partial charge in [-0.2, -0.15) is 0 Å². The van der Waals surface area contributed by atoms with Gasteiger partial charge in [0, 0.05) is 61.1 Å². The number of alkyl halides is 1. The Morgan fingerprint density at radius 3 is 2.29 bits per heavy atom. The number of halogens is 1. The minimum atomic E-state index is -3.23. The van der Waals surface area contributed by atoms with E-state index in [9.17, 15) is 29.1 Å². The van der Waals surface area contributed by atoms with Crippen molar-refractivity contribution in [3.63, 3.8) is 0 Å². The molecule has 63 heavy (non-hydrogen) atoms. The predicted molar refractivity (Wildman–Crippen MR) is 227 cm³/mol. The molecule has 0 unspecified atom stereocenters. The first-order valence-corrected chi connectivity index (χ1v) is 21.6. The molecule has 0 spiro atoms. The number of rotatable bonds is 11. The number of hydrogen-bond acceptors (Lipinski definition) is 15. The molecule has 3 saturated heterocycles. The lowest BCUT2D eigenvalue weighted by Gasteiger charge is -2.47. The molecule has 3 fully saturated rings. The van der Waals surface area contributed by atoms with Gasteiger partial charge in [-0.1, -0.05) is 27.7 Å². The number of aliphatic hydroxyl groups excluding tert-OH is 1. The molecule has 0 saturated carbocycles. The largest absolute Gasteiger partial charge is 0.455 e. The van der Waals surface area contributed by atoms with Crippen molar-refractivity contribution in [1.29, 1.82) is 0 Å². The maximum Gasteiger partial charge on any atom is 0.411 e. The van der Waals surface area contributed by atoms with E-state index in [4.69, 9.17) is 28.4 Å². The molecule has 5 rings (SSSR count). The van der Waals surface area contributed by atoms with E-state index in [1.165, 1.54) is 25.9 Å². The van der Waals surface area contributed by atoms with Crippen LogP contribution in [0.5, 0.6) is 0 Å². The smallest absolute Gasteiger partial charge is 0.411 e. The molecule has 2 N–H and O–H groups in total. The number of benzene rings is 1. The summed E-state index contributed by atoms with van der Waals surface area (Å²) in [6.07, 6.45) is -3.20. The fraction of sp³-hybridized carbons (Fsp3) is 0.667. The van der Waals surface area contributed by atoms with Crippen molar-refractivity contribution in [3.8, 4) is 11.4 Å². The van der Waals surface area contributed by atoms with Crippen molar-refractivity contribution in [1.82, 2.24) is 19.8 Å². The monoisotopic (exact) mass is 885 g/mol. The number of fused-ring (bicyclic) bond motifs is 1. The number of amides is 2. The molecule has 3 aliphatic rings. The number of ether oxygens (including phenoxy) is 6. The number of esters is 1. The maximum absolute atomic E-state index is 16.9. The average molecular weight is 886 g/mol. The van der Waals surface area contributed by atoms with Crippen molar-refractivity contribution >= 4 is 35.4 Å². The van der Waals surface area contributed by atoms with E-state index < -0.39 is 89.2 Å². The summed E-state index contributed by atoms with van der Waals surface area (Å²) in [5, 5.41) is 14.1. The zero-order chi connectivity index (χ0) is 46.6. The first-order valence-electron chi connectivity index (χ1n) is 21.6. The second-order valence-corrected chi connectivity index (χ2v) is 17.9. The summed E-state index contributed by atoms with van der Waals surface area (Å²) in [6.45, 7) is 12.0. The number of aliphatic hydroxyl groups is 1. The molecule has 348 valence electrons. The summed E-state index contributed by atoms with van der Waals surface area (Å²) < 4.78 is 52.7. The molecule has 4 heterocycles. The molecule has 18 heteroatoms. The van der Waals surface area contributed by atoms with E-state index >= 15 is 4.39 Å². The third-order valence-electron chi connectivity index (χ3n) is 12.9. The van der Waals surface area contributed by atoms with Gasteiger partial charge in [0.25, 0.3) is 5.67 Å². The third kappa shape index (κ3) is 10.5. The Morgan fingerprint density at radius 1 is 1.03 bits per heavy atom. The fourth-order valence-corrected chi connectivity index (χ4v) is 9.42. The van der Waals surface area contributed by atoms with E-state index in [-0.39, 0.29) is 50.3 Å². The molecule has 2 amide bonds. The van der Waals surface area contributed by atoms with E-state index in [0.29, 0.717) is 17.9 Å². The Morgan fingerprint density at radius 2 is 1.68 bits per heavy atom. The lowest BCUT2D eigenvalue weighted by molar-refractivity contribution is -0.295. The number of carbonyl (C=O) groups excluding carboxylic acids is 5. The fourth-order valence-electron chi connectivity index (χ4n) is 9.42. The number of cyclic esters (lactones) is 1. The second-order valence-electron chi connectivity index (χ2n) is 17.9. The summed E-state index contributed by atoms with van der Waals surface area (Å²) in [4.78, 5) is 81.0. The number of aromatic nitrogens is 2. The highest BCUT2D eigenvalue weighted by Crippen LogP contribution is 2.43. The van der Waals surface area contributed by atoms with Crippen LogP contribution in [0.2, 0.25) is 0 Å². The van der Waals surface area contributed by atoms with Gasteiger partial charge < -0.3 is 43.3 Å². The van der Waals surface area contributed by atoms with Crippen molar-refractivity contribution in [3.05, 3.63) is 42.7 Å². The van der Waals surface area contributed by atoms with Crippen LogP contribution >= 0.6 is 0 Å². The molecule has 1 aromatic heterocycles. The van der Waals surface area contributed by atoms with Crippen LogP contribution in [0, 0.1) is 17.8 Å². The van der Waals surface area contributed by atoms with E-state index in [0.717, 1.165) is 12.5 Å². The number of likely N-dealkylation sites (N-methyl/N-ethyl adjacent to an activating group) is 1. The van der Waals surface area contributed by atoms with Crippen LogP contribution in [0.4, 0.5) is 19.7 Å². The zero-order valence-corrected chi connectivity index (χ0v) is 38.2. The van der Waals surface area contributed by atoms with E-state index in [1.54, 1.807) is 84.5 Å². The van der Waals surface area contributed by atoms with Crippen molar-refractivity contribution < 1.29 is 61.9 Å². The summed E-state index contributed by atoms with van der Waals surface area (Å²) in [7, 11) is 4.98. The normalized spacial score (nSPS) is 35.7. The number of Topliss-reactive ketones (excluding diaryl/α,β-unsaturated/α-hetero) is 2. The third-order valence-corrected chi connectivity index (χ3v) is 12.9. The number of methoxy groups -OCH3 is 1. The van der Waals surface area contributed by atoms with Crippen LogP contribution in [0.3, 0.4) is 0 Å². The molecule has 1 aromatic carbocycles. The first-order chi connectivity index (χ1) is 29.6. The van der Waals surface area contributed by atoms with Crippen LogP contribution in [0.15, 0.2) is 42.7 Å². The van der Waals surface area contributed by atoms with Crippen LogP contribution in [0.25, 0.3) is 11.4 Å². The van der Waals surface area contributed by atoms with Gasteiger partial charge in [-0.3, -0.25) is 14.9 Å². The summed E-state index contributed by atoms with van der Waals surface area (Å²) in [5.41, 5.74) is -5.19. The molecule has 17 nitrogen and oxygen atoms in total. The van der Waals surface area contributed by atoms with Gasteiger partial charge in [-0.15, -0.1) is 0 Å². The van der Waals surface area contributed by atoms with Crippen LogP contribution in [-0.4, -0.2) is 149 Å². The van der Waals surface area contributed by atoms with Crippen LogP contribution in [0.1, 0.15) is 81.1 Å². The maximum atomic E-state index is 16.9. The highest BCUT2D eigenvalue weighted by molar-refractivity contribution is 6.08. The van der Waals surface area contributed by atoms with Crippen LogP contribution < -0.4 is 5.32 Å². The second kappa shape index (κ2) is 20.0. The number of carbonyl (C=O) groups is 5. The van der Waals surface area contributed by atoms with Gasteiger partial charge in [0.05, 0.1) is 30.5 Å². The molecular formula is C45H64FN5O12. The minimum absolute atomic E-state index is 0.0222. The van der Waals surface area contributed by atoms with E-state index in [1.807, 2.05) is 11.8 Å². The summed E-state index contributed by atoms with van der Waals surface area (Å²) in [5.74, 6) is -5.63. The number of anilines is 1. The Kier molecular flexibility index (Phi) is 15.7. The average Bonchev–Trinajstić information content (AvgIpc) is 3.51. The standard InChI is InChI=1S/C45H64FN5O12/c1-12-32-45(8)35(51(42(57)63-45)21-14-22-59-41(56)49-30-17-15-29(16-18-30)38-47-19-13-20-48-38)27(4)33(52)25(2)24-43(6,58-11)37(28(5)36(54)44(7,46)40(55)61-32)62-39-34(53)31(50(9)10)23-26(3)60-39/h13,15-20,25-28,31-32,34-35,37,39,53H,12,14,21-24H2,1-11H3,(H,49,56)/t25-,26-,27+,28+,31+,32-,34-,35-,37-,39+,43-,44+,45-/m1/s1. The van der Waals surface area contributed by atoms with Gasteiger partial charge in [0.15, 0.2) is 23.5 Å². The number of hydrogen-bond donors (Lipinski definition) is 2.